The summed E-state index contributed by atoms with van der Waals surface area (Å²) in [6.45, 7) is 1.58. The van der Waals surface area contributed by atoms with Gasteiger partial charge in [-0.2, -0.15) is 0 Å². The monoisotopic (exact) mass is 286 g/mol. The fourth-order valence-electron chi connectivity index (χ4n) is 2.15. The number of nitrogens with two attached hydrogens (primary N) is 1. The summed E-state index contributed by atoms with van der Waals surface area (Å²) in [5.41, 5.74) is 7.06. The number of anilines is 2. The van der Waals surface area contributed by atoms with Gasteiger partial charge >= 0.3 is 0 Å². The van der Waals surface area contributed by atoms with Crippen LogP contribution in [0, 0.1) is 0 Å². The molecule has 1 atom stereocenters. The van der Waals surface area contributed by atoms with Crippen LogP contribution in [0.5, 0.6) is 0 Å². The number of nitrogens with zero attached hydrogens (tertiary/aromatic N) is 1. The molecule has 1 heterocycles. The summed E-state index contributed by atoms with van der Waals surface area (Å²) in [4.78, 5) is 2.15. The Hall–Kier alpha value is -1.31. The van der Waals surface area contributed by atoms with Gasteiger partial charge in [-0.3, -0.25) is 0 Å². The van der Waals surface area contributed by atoms with Gasteiger partial charge in [0.1, 0.15) is 0 Å². The summed E-state index contributed by atoms with van der Waals surface area (Å²) in [7, 11) is -3.26. The fourth-order valence-corrected chi connectivity index (χ4v) is 2.80. The lowest BCUT2D eigenvalue weighted by Crippen LogP contribution is -2.47. The van der Waals surface area contributed by atoms with E-state index in [2.05, 4.69) is 0 Å². The molecule has 6 nitrogen and oxygen atoms in total. The molecule has 0 saturated carbocycles. The van der Waals surface area contributed by atoms with Gasteiger partial charge in [0, 0.05) is 12.8 Å². The predicted octanol–water partition coefficient (Wildman–Crippen LogP) is -0.130. The second kappa shape index (κ2) is 5.36. The van der Waals surface area contributed by atoms with E-state index in [1.54, 1.807) is 6.07 Å². The van der Waals surface area contributed by atoms with E-state index in [4.69, 9.17) is 10.5 Å². The summed E-state index contributed by atoms with van der Waals surface area (Å²) >= 11 is 0. The normalized spacial score (nSPS) is 20.5. The Morgan fingerprint density at radius 2 is 2.26 bits per heavy atom. The largest absolute Gasteiger partial charge is 0.397 e. The number of aliphatic hydroxyl groups excluding tert-OH is 1. The zero-order valence-electron chi connectivity index (χ0n) is 10.7. The van der Waals surface area contributed by atoms with Gasteiger partial charge in [-0.1, -0.05) is 0 Å². The molecule has 1 saturated heterocycles. The van der Waals surface area contributed by atoms with Gasteiger partial charge in [-0.15, -0.1) is 0 Å². The van der Waals surface area contributed by atoms with Crippen LogP contribution in [0.1, 0.15) is 0 Å². The third-order valence-electron chi connectivity index (χ3n) is 3.17. The molecule has 2 rings (SSSR count). The van der Waals surface area contributed by atoms with E-state index in [1.165, 1.54) is 12.1 Å². The first-order chi connectivity index (χ1) is 8.93. The number of rotatable bonds is 3. The maximum atomic E-state index is 11.5. The highest BCUT2D eigenvalue weighted by atomic mass is 32.2. The number of sulfone groups is 1. The first kappa shape index (κ1) is 14.1. The van der Waals surface area contributed by atoms with E-state index in [0.717, 1.165) is 11.9 Å². The van der Waals surface area contributed by atoms with Crippen molar-refractivity contribution in [3.8, 4) is 0 Å². The summed E-state index contributed by atoms with van der Waals surface area (Å²) in [6, 6.07) is 4.51. The molecule has 19 heavy (non-hydrogen) atoms. The highest BCUT2D eigenvalue weighted by Gasteiger charge is 2.24. The molecular formula is C12H18N2O4S. The van der Waals surface area contributed by atoms with Crippen molar-refractivity contribution in [1.29, 1.82) is 0 Å². The molecule has 106 valence electrons. The van der Waals surface area contributed by atoms with Gasteiger partial charge in [0.15, 0.2) is 9.84 Å². The second-order valence-electron chi connectivity index (χ2n) is 4.60. The summed E-state index contributed by atoms with van der Waals surface area (Å²) in [6.07, 6.45) is 1.15. The van der Waals surface area contributed by atoms with E-state index in [9.17, 15) is 13.5 Å². The van der Waals surface area contributed by atoms with Crippen LogP contribution in [-0.4, -0.2) is 52.2 Å². The molecule has 3 N–H and O–H groups in total. The van der Waals surface area contributed by atoms with Crippen LogP contribution >= 0.6 is 0 Å². The molecule has 0 spiro atoms. The average molecular weight is 286 g/mol. The van der Waals surface area contributed by atoms with Crippen LogP contribution in [0.3, 0.4) is 0 Å². The number of aliphatic hydroxyl groups is 1. The number of morpholine rings is 1. The zero-order valence-corrected chi connectivity index (χ0v) is 11.6. The quantitative estimate of drug-likeness (QED) is 0.752. The molecule has 1 fully saturated rings. The van der Waals surface area contributed by atoms with Crippen molar-refractivity contribution in [2.75, 3.05) is 43.3 Å². The summed E-state index contributed by atoms with van der Waals surface area (Å²) in [5, 5.41) is 9.34. The Kier molecular flexibility index (Phi) is 3.98. The van der Waals surface area contributed by atoms with Gasteiger partial charge in [0.05, 0.1) is 42.1 Å². The lowest BCUT2D eigenvalue weighted by molar-refractivity contribution is 0.0728. The Balaban J connectivity index is 2.35. The number of ether oxygens (including phenoxy) is 1. The average Bonchev–Trinajstić information content (AvgIpc) is 2.37. The van der Waals surface area contributed by atoms with Crippen molar-refractivity contribution in [3.05, 3.63) is 18.2 Å². The zero-order chi connectivity index (χ0) is 14.0. The third-order valence-corrected chi connectivity index (χ3v) is 4.29. The van der Waals surface area contributed by atoms with Crippen molar-refractivity contribution in [2.24, 2.45) is 0 Å². The van der Waals surface area contributed by atoms with Gasteiger partial charge in [-0.05, 0) is 18.2 Å². The maximum Gasteiger partial charge on any atom is 0.175 e. The van der Waals surface area contributed by atoms with E-state index in [-0.39, 0.29) is 17.5 Å². The van der Waals surface area contributed by atoms with Gasteiger partial charge < -0.3 is 20.5 Å². The number of nitrogen functional groups attached to an aromatic ring is 1. The number of benzene rings is 1. The van der Waals surface area contributed by atoms with Crippen LogP contribution in [0.25, 0.3) is 0 Å². The molecule has 1 aromatic rings. The van der Waals surface area contributed by atoms with Crippen molar-refractivity contribution in [1.82, 2.24) is 0 Å². The Bertz CT molecular complexity index is 559. The number of hydrogen-bond acceptors (Lipinski definition) is 6. The lowest BCUT2D eigenvalue weighted by atomic mass is 10.1. The molecule has 7 heteroatoms. The lowest BCUT2D eigenvalue weighted by Gasteiger charge is -2.37. The molecule has 1 unspecified atom stereocenters. The van der Waals surface area contributed by atoms with Crippen molar-refractivity contribution in [3.63, 3.8) is 0 Å². The van der Waals surface area contributed by atoms with E-state index in [0.29, 0.717) is 25.4 Å². The molecule has 0 aromatic heterocycles. The van der Waals surface area contributed by atoms with Gasteiger partial charge in [0.25, 0.3) is 0 Å². The third kappa shape index (κ3) is 2.99. The topological polar surface area (TPSA) is 92.9 Å². The molecule has 1 aromatic carbocycles. The Morgan fingerprint density at radius 3 is 2.84 bits per heavy atom. The summed E-state index contributed by atoms with van der Waals surface area (Å²) < 4.78 is 28.2. The van der Waals surface area contributed by atoms with Crippen LogP contribution in [0.4, 0.5) is 11.4 Å². The predicted molar refractivity (Wildman–Crippen MR) is 73.0 cm³/mol. The molecule has 0 bridgehead atoms. The first-order valence-electron chi connectivity index (χ1n) is 5.98. The smallest absolute Gasteiger partial charge is 0.175 e. The number of hydrogen-bond donors (Lipinski definition) is 2. The summed E-state index contributed by atoms with van der Waals surface area (Å²) in [5.74, 6) is 0. The molecule has 0 aliphatic carbocycles. The van der Waals surface area contributed by atoms with Crippen molar-refractivity contribution in [2.45, 2.75) is 10.9 Å². The van der Waals surface area contributed by atoms with Crippen LogP contribution < -0.4 is 10.6 Å². The minimum absolute atomic E-state index is 0.0345. The Labute approximate surface area is 112 Å². The minimum atomic E-state index is -3.26. The maximum absolute atomic E-state index is 11.5. The van der Waals surface area contributed by atoms with Crippen LogP contribution in [-0.2, 0) is 14.6 Å². The van der Waals surface area contributed by atoms with Crippen molar-refractivity contribution < 1.29 is 18.3 Å². The van der Waals surface area contributed by atoms with E-state index in [1.807, 2.05) is 4.90 Å². The highest BCUT2D eigenvalue weighted by molar-refractivity contribution is 7.90. The SMILES string of the molecule is CS(=O)(=O)c1ccc(N2CCOCC2CO)c(N)c1. The molecule has 0 radical (unpaired) electrons. The van der Waals surface area contributed by atoms with Crippen LogP contribution in [0.15, 0.2) is 23.1 Å². The second-order valence-corrected chi connectivity index (χ2v) is 6.61. The first-order valence-corrected chi connectivity index (χ1v) is 7.87. The standard InChI is InChI=1S/C12H18N2O4S/c1-19(16,17)10-2-3-12(11(13)6-10)14-4-5-18-8-9(14)7-15/h2-3,6,9,15H,4-5,7-8,13H2,1H3. The fraction of sp³-hybridized carbons (Fsp3) is 0.500. The molecule has 1 aliphatic rings. The Morgan fingerprint density at radius 1 is 1.53 bits per heavy atom. The van der Waals surface area contributed by atoms with Crippen LogP contribution in [0.2, 0.25) is 0 Å². The molecule has 1 aliphatic heterocycles. The molecular weight excluding hydrogens is 268 g/mol. The van der Waals surface area contributed by atoms with Gasteiger partial charge in [0.2, 0.25) is 0 Å². The van der Waals surface area contributed by atoms with E-state index < -0.39 is 9.84 Å². The van der Waals surface area contributed by atoms with E-state index >= 15 is 0 Å². The van der Waals surface area contributed by atoms with Crippen molar-refractivity contribution >= 4 is 21.2 Å². The highest BCUT2D eigenvalue weighted by Crippen LogP contribution is 2.28. The van der Waals surface area contributed by atoms with Gasteiger partial charge in [-0.25, -0.2) is 8.42 Å². The molecule has 0 amide bonds. The minimum Gasteiger partial charge on any atom is -0.397 e.